The number of nitrogens with zero attached hydrogens (tertiary/aromatic N) is 1. The molecule has 0 heterocycles. The Morgan fingerprint density at radius 3 is 2.11 bits per heavy atom. The molecule has 0 unspecified atom stereocenters. The molecule has 0 bridgehead atoms. The van der Waals surface area contributed by atoms with Gasteiger partial charge < -0.3 is 4.74 Å². The second-order valence-corrected chi connectivity index (χ2v) is 5.74. The fourth-order valence-electron chi connectivity index (χ4n) is 1.90. The summed E-state index contributed by atoms with van der Waals surface area (Å²) in [4.78, 5) is 13.5. The first-order valence-corrected chi connectivity index (χ1v) is 6.36. The lowest BCUT2D eigenvalue weighted by Crippen LogP contribution is -2.34. The number of benzene rings is 1. The molecule has 0 N–H and O–H groups in total. The molecule has 0 aliphatic rings. The van der Waals surface area contributed by atoms with Gasteiger partial charge in [0.15, 0.2) is 0 Å². The standard InChI is InChI=1S/C16H23NO2/c1-8-14-11(2)9-13(10-12(14)3)17(7)15(18)19-16(4,5)6/h8-10H,1H2,2-7H3. The molecule has 0 aliphatic heterocycles. The number of carbonyl (C=O) groups is 1. The van der Waals surface area contributed by atoms with Gasteiger partial charge in [-0.2, -0.15) is 0 Å². The molecule has 0 atom stereocenters. The van der Waals surface area contributed by atoms with E-state index in [1.165, 1.54) is 4.90 Å². The Balaban J connectivity index is 3.04. The van der Waals surface area contributed by atoms with Crippen molar-refractivity contribution in [3.63, 3.8) is 0 Å². The van der Waals surface area contributed by atoms with E-state index in [0.29, 0.717) is 0 Å². The van der Waals surface area contributed by atoms with Gasteiger partial charge in [-0.25, -0.2) is 4.79 Å². The van der Waals surface area contributed by atoms with Crippen LogP contribution in [0.4, 0.5) is 10.5 Å². The summed E-state index contributed by atoms with van der Waals surface area (Å²) in [7, 11) is 1.72. The van der Waals surface area contributed by atoms with E-state index in [0.717, 1.165) is 22.4 Å². The van der Waals surface area contributed by atoms with Gasteiger partial charge in [0, 0.05) is 12.7 Å². The number of rotatable bonds is 2. The molecule has 0 radical (unpaired) electrons. The lowest BCUT2D eigenvalue weighted by atomic mass is 10.0. The maximum atomic E-state index is 12.0. The van der Waals surface area contributed by atoms with Gasteiger partial charge in [0.25, 0.3) is 0 Å². The summed E-state index contributed by atoms with van der Waals surface area (Å²) in [6.07, 6.45) is 1.49. The lowest BCUT2D eigenvalue weighted by molar-refractivity contribution is 0.0589. The van der Waals surface area contributed by atoms with Crippen LogP contribution < -0.4 is 4.90 Å². The van der Waals surface area contributed by atoms with Crippen LogP contribution in [0, 0.1) is 13.8 Å². The third-order valence-electron chi connectivity index (χ3n) is 2.84. The average molecular weight is 261 g/mol. The van der Waals surface area contributed by atoms with Crippen LogP contribution in [-0.4, -0.2) is 18.7 Å². The van der Waals surface area contributed by atoms with Gasteiger partial charge in [0.05, 0.1) is 0 Å². The highest BCUT2D eigenvalue weighted by molar-refractivity contribution is 5.88. The molecule has 1 rings (SSSR count). The minimum atomic E-state index is -0.490. The van der Waals surface area contributed by atoms with Crippen molar-refractivity contribution in [1.82, 2.24) is 0 Å². The molecule has 19 heavy (non-hydrogen) atoms. The molecule has 0 saturated carbocycles. The number of carbonyl (C=O) groups excluding carboxylic acids is 1. The van der Waals surface area contributed by atoms with Crippen LogP contribution in [0.25, 0.3) is 6.08 Å². The molecule has 104 valence electrons. The van der Waals surface area contributed by atoms with Gasteiger partial charge in [-0.1, -0.05) is 12.7 Å². The molecule has 0 saturated heterocycles. The predicted octanol–water partition coefficient (Wildman–Crippen LogP) is 4.32. The van der Waals surface area contributed by atoms with E-state index in [4.69, 9.17) is 4.74 Å². The highest BCUT2D eigenvalue weighted by atomic mass is 16.6. The van der Waals surface area contributed by atoms with E-state index >= 15 is 0 Å². The molecule has 0 aliphatic carbocycles. The average Bonchev–Trinajstić information content (AvgIpc) is 2.25. The number of anilines is 1. The second-order valence-electron chi connectivity index (χ2n) is 5.74. The molecule has 3 nitrogen and oxygen atoms in total. The molecular formula is C16H23NO2. The molecule has 1 amide bonds. The smallest absolute Gasteiger partial charge is 0.414 e. The van der Waals surface area contributed by atoms with Gasteiger partial charge in [0.2, 0.25) is 0 Å². The Hall–Kier alpha value is -1.77. The molecule has 1 aromatic carbocycles. The maximum Gasteiger partial charge on any atom is 0.414 e. The fraction of sp³-hybridized carbons (Fsp3) is 0.438. The summed E-state index contributed by atoms with van der Waals surface area (Å²) in [5.41, 5.74) is 3.65. The summed E-state index contributed by atoms with van der Waals surface area (Å²) >= 11 is 0. The monoisotopic (exact) mass is 261 g/mol. The molecule has 3 heteroatoms. The molecule has 1 aromatic rings. The highest BCUT2D eigenvalue weighted by Crippen LogP contribution is 2.24. The van der Waals surface area contributed by atoms with E-state index in [9.17, 15) is 4.79 Å². The zero-order valence-electron chi connectivity index (χ0n) is 12.7. The largest absolute Gasteiger partial charge is 0.443 e. The van der Waals surface area contributed by atoms with Crippen LogP contribution in [0.3, 0.4) is 0 Å². The van der Waals surface area contributed by atoms with Gasteiger partial charge in [-0.05, 0) is 63.4 Å². The zero-order valence-corrected chi connectivity index (χ0v) is 12.7. The van der Waals surface area contributed by atoms with Crippen molar-refractivity contribution in [1.29, 1.82) is 0 Å². The lowest BCUT2D eigenvalue weighted by Gasteiger charge is -2.25. The van der Waals surface area contributed by atoms with E-state index in [-0.39, 0.29) is 6.09 Å². The quantitative estimate of drug-likeness (QED) is 0.793. The molecular weight excluding hydrogens is 238 g/mol. The van der Waals surface area contributed by atoms with Crippen molar-refractivity contribution >= 4 is 17.9 Å². The van der Waals surface area contributed by atoms with Crippen molar-refractivity contribution in [3.8, 4) is 0 Å². The first-order valence-electron chi connectivity index (χ1n) is 6.36. The van der Waals surface area contributed by atoms with E-state index in [1.54, 1.807) is 7.05 Å². The highest BCUT2D eigenvalue weighted by Gasteiger charge is 2.21. The maximum absolute atomic E-state index is 12.0. The minimum absolute atomic E-state index is 0.349. The summed E-state index contributed by atoms with van der Waals surface area (Å²) in [5.74, 6) is 0. The van der Waals surface area contributed by atoms with Crippen LogP contribution in [0.2, 0.25) is 0 Å². The van der Waals surface area contributed by atoms with Crippen molar-refractivity contribution in [2.45, 2.75) is 40.2 Å². The van der Waals surface area contributed by atoms with Gasteiger partial charge in [0.1, 0.15) is 5.60 Å². The Bertz CT molecular complexity index is 475. The van der Waals surface area contributed by atoms with E-state index in [1.807, 2.05) is 52.8 Å². The van der Waals surface area contributed by atoms with Crippen LogP contribution in [0.15, 0.2) is 18.7 Å². The summed E-state index contributed by atoms with van der Waals surface area (Å²) in [6.45, 7) is 13.4. The Labute approximate surface area is 115 Å². The van der Waals surface area contributed by atoms with E-state index in [2.05, 4.69) is 6.58 Å². The predicted molar refractivity (Wildman–Crippen MR) is 80.6 cm³/mol. The topological polar surface area (TPSA) is 29.5 Å². The van der Waals surface area contributed by atoms with Crippen LogP contribution in [-0.2, 0) is 4.74 Å². The van der Waals surface area contributed by atoms with Crippen LogP contribution in [0.1, 0.15) is 37.5 Å². The Kier molecular flexibility index (Phi) is 4.40. The number of aryl methyl sites for hydroxylation is 2. The number of hydrogen-bond donors (Lipinski definition) is 0. The van der Waals surface area contributed by atoms with Gasteiger partial charge in [-0.3, -0.25) is 4.90 Å². The number of amides is 1. The van der Waals surface area contributed by atoms with Crippen molar-refractivity contribution in [3.05, 3.63) is 35.4 Å². The SMILES string of the molecule is C=Cc1c(C)cc(N(C)C(=O)OC(C)(C)C)cc1C. The second kappa shape index (κ2) is 5.47. The van der Waals surface area contributed by atoms with Crippen molar-refractivity contribution < 1.29 is 9.53 Å². The summed E-state index contributed by atoms with van der Waals surface area (Å²) in [5, 5.41) is 0. The molecule has 0 fully saturated rings. The van der Waals surface area contributed by atoms with Crippen LogP contribution >= 0.6 is 0 Å². The Morgan fingerprint density at radius 2 is 1.74 bits per heavy atom. The first-order chi connectivity index (χ1) is 8.65. The number of ether oxygens (including phenoxy) is 1. The fourth-order valence-corrected chi connectivity index (χ4v) is 1.90. The minimum Gasteiger partial charge on any atom is -0.443 e. The van der Waals surface area contributed by atoms with E-state index < -0.39 is 5.60 Å². The van der Waals surface area contributed by atoms with Crippen molar-refractivity contribution in [2.75, 3.05) is 11.9 Å². The normalized spacial score (nSPS) is 11.1. The summed E-state index contributed by atoms with van der Waals surface area (Å²) < 4.78 is 5.36. The Morgan fingerprint density at radius 1 is 1.26 bits per heavy atom. The molecule has 0 aromatic heterocycles. The van der Waals surface area contributed by atoms with Crippen LogP contribution in [0.5, 0.6) is 0 Å². The summed E-state index contributed by atoms with van der Waals surface area (Å²) in [6, 6.07) is 3.93. The van der Waals surface area contributed by atoms with Gasteiger partial charge in [-0.15, -0.1) is 0 Å². The molecule has 0 spiro atoms. The first kappa shape index (κ1) is 15.3. The zero-order chi connectivity index (χ0) is 14.8. The third-order valence-corrected chi connectivity index (χ3v) is 2.84. The number of hydrogen-bond acceptors (Lipinski definition) is 2. The van der Waals surface area contributed by atoms with Gasteiger partial charge >= 0.3 is 6.09 Å². The third kappa shape index (κ3) is 3.85. The van der Waals surface area contributed by atoms with Crippen molar-refractivity contribution in [2.24, 2.45) is 0 Å².